The number of benzene rings is 2. The quantitative estimate of drug-likeness (QED) is 0.667. The van der Waals surface area contributed by atoms with Crippen LogP contribution in [0.3, 0.4) is 0 Å². The lowest BCUT2D eigenvalue weighted by Crippen LogP contribution is -2.36. The molecule has 2 atom stereocenters. The molecule has 7 heteroatoms. The Morgan fingerprint density at radius 3 is 2.07 bits per heavy atom. The van der Waals surface area contributed by atoms with Crippen LogP contribution >= 0.6 is 0 Å². The highest BCUT2D eigenvalue weighted by molar-refractivity contribution is 5.55. The maximum absolute atomic E-state index is 11.3. The van der Waals surface area contributed by atoms with E-state index >= 15 is 0 Å². The van der Waals surface area contributed by atoms with Gasteiger partial charge < -0.3 is 33.5 Å². The van der Waals surface area contributed by atoms with E-state index in [9.17, 15) is 5.11 Å². The van der Waals surface area contributed by atoms with Gasteiger partial charge in [0, 0.05) is 6.42 Å². The van der Waals surface area contributed by atoms with Crippen LogP contribution in [0.5, 0.6) is 34.5 Å². The van der Waals surface area contributed by atoms with Crippen LogP contribution in [0.15, 0.2) is 24.3 Å². The van der Waals surface area contributed by atoms with Crippen molar-refractivity contribution in [1.29, 1.82) is 0 Å². The molecule has 0 aromatic heterocycles. The molecule has 1 aliphatic rings. The van der Waals surface area contributed by atoms with Gasteiger partial charge in [0.05, 0.1) is 34.0 Å². The minimum absolute atomic E-state index is 0.0540. The smallest absolute Gasteiger partial charge is 0.231 e. The van der Waals surface area contributed by atoms with Gasteiger partial charge in [0.15, 0.2) is 23.0 Å². The summed E-state index contributed by atoms with van der Waals surface area (Å²) in [6, 6.07) is 7.61. The Labute approximate surface area is 177 Å². The number of aliphatic hydroxyl groups is 1. The molecule has 0 aliphatic carbocycles. The summed E-state index contributed by atoms with van der Waals surface area (Å²) in [6.07, 6.45) is 1.07. The maximum Gasteiger partial charge on any atom is 0.231 e. The van der Waals surface area contributed by atoms with Crippen LogP contribution in [0.1, 0.15) is 25.0 Å². The summed E-state index contributed by atoms with van der Waals surface area (Å²) < 4.78 is 32.6. The summed E-state index contributed by atoms with van der Waals surface area (Å²) in [4.78, 5) is 0. The second kappa shape index (κ2) is 8.92. The van der Waals surface area contributed by atoms with Gasteiger partial charge in [-0.3, -0.25) is 0 Å². The van der Waals surface area contributed by atoms with Crippen molar-refractivity contribution in [2.45, 2.75) is 32.3 Å². The zero-order chi connectivity index (χ0) is 21.9. The van der Waals surface area contributed by atoms with Gasteiger partial charge in [-0.15, -0.1) is 0 Å². The zero-order valence-electron chi connectivity index (χ0n) is 18.4. The molecular formula is C23H30O7. The average Bonchev–Trinajstić information content (AvgIpc) is 3.20. The van der Waals surface area contributed by atoms with Gasteiger partial charge in [-0.25, -0.2) is 0 Å². The fourth-order valence-corrected chi connectivity index (χ4v) is 3.70. The third-order valence-electron chi connectivity index (χ3n) is 5.61. The third kappa shape index (κ3) is 4.36. The standard InChI is InChI=1S/C23H30O7/c1-14(7-15-8-19(27-5)22-20(9-15)29-13-30-22)23(2,24)12-16-10-17(25-3)21(28-6)18(11-16)26-4/h8-11,14,24H,7,12-13H2,1-6H3/t14-,23+/m0/s1. The third-order valence-corrected chi connectivity index (χ3v) is 5.61. The summed E-state index contributed by atoms with van der Waals surface area (Å²) in [7, 11) is 6.33. The minimum atomic E-state index is -0.978. The van der Waals surface area contributed by atoms with Crippen molar-refractivity contribution in [1.82, 2.24) is 0 Å². The molecular weight excluding hydrogens is 388 g/mol. The van der Waals surface area contributed by atoms with Crippen LogP contribution in [0.2, 0.25) is 0 Å². The van der Waals surface area contributed by atoms with E-state index in [1.54, 1.807) is 28.4 Å². The second-order valence-corrected chi connectivity index (χ2v) is 7.70. The fraction of sp³-hybridized carbons (Fsp3) is 0.478. The summed E-state index contributed by atoms with van der Waals surface area (Å²) in [5.41, 5.74) is 0.923. The van der Waals surface area contributed by atoms with E-state index in [4.69, 9.17) is 28.4 Å². The van der Waals surface area contributed by atoms with Gasteiger partial charge in [-0.05, 0) is 54.7 Å². The van der Waals surface area contributed by atoms with Gasteiger partial charge in [-0.2, -0.15) is 0 Å². The van der Waals surface area contributed by atoms with Crippen LogP contribution in [-0.4, -0.2) is 45.9 Å². The average molecular weight is 418 g/mol. The summed E-state index contributed by atoms with van der Waals surface area (Å²) in [6.45, 7) is 4.05. The second-order valence-electron chi connectivity index (χ2n) is 7.70. The molecule has 0 unspecified atom stereocenters. The van der Waals surface area contributed by atoms with E-state index in [1.807, 2.05) is 38.1 Å². The Morgan fingerprint density at radius 2 is 1.50 bits per heavy atom. The first-order valence-electron chi connectivity index (χ1n) is 9.80. The first-order valence-corrected chi connectivity index (χ1v) is 9.80. The molecule has 0 saturated carbocycles. The SMILES string of the molecule is COc1cc(C[C@@](C)(O)[C@@H](C)Cc2cc(OC)c3c(c2)OCO3)cc(OC)c1OC. The van der Waals surface area contributed by atoms with E-state index in [1.165, 1.54) is 0 Å². The largest absolute Gasteiger partial charge is 0.493 e. The number of ether oxygens (including phenoxy) is 6. The van der Waals surface area contributed by atoms with Crippen molar-refractivity contribution in [3.8, 4) is 34.5 Å². The number of hydrogen-bond acceptors (Lipinski definition) is 7. The molecule has 164 valence electrons. The first kappa shape index (κ1) is 21.9. The lowest BCUT2D eigenvalue weighted by molar-refractivity contribution is 0.00660. The van der Waals surface area contributed by atoms with Crippen molar-refractivity contribution in [2.24, 2.45) is 5.92 Å². The van der Waals surface area contributed by atoms with Crippen LogP contribution < -0.4 is 28.4 Å². The van der Waals surface area contributed by atoms with Gasteiger partial charge in [0.1, 0.15) is 0 Å². The van der Waals surface area contributed by atoms with Gasteiger partial charge in [-0.1, -0.05) is 6.92 Å². The molecule has 0 fully saturated rings. The van der Waals surface area contributed by atoms with Crippen molar-refractivity contribution in [3.63, 3.8) is 0 Å². The van der Waals surface area contributed by atoms with Crippen molar-refractivity contribution < 1.29 is 33.5 Å². The lowest BCUT2D eigenvalue weighted by atomic mass is 9.81. The Kier molecular flexibility index (Phi) is 6.51. The van der Waals surface area contributed by atoms with E-state index in [2.05, 4.69) is 0 Å². The van der Waals surface area contributed by atoms with E-state index in [-0.39, 0.29) is 12.7 Å². The predicted molar refractivity (Wildman–Crippen MR) is 112 cm³/mol. The van der Waals surface area contributed by atoms with Crippen LogP contribution in [0, 0.1) is 5.92 Å². The molecule has 1 N–H and O–H groups in total. The molecule has 0 amide bonds. The molecule has 0 bridgehead atoms. The lowest BCUT2D eigenvalue weighted by Gasteiger charge is -2.31. The van der Waals surface area contributed by atoms with Crippen molar-refractivity contribution >= 4 is 0 Å². The molecule has 7 nitrogen and oxygen atoms in total. The molecule has 30 heavy (non-hydrogen) atoms. The highest BCUT2D eigenvalue weighted by atomic mass is 16.7. The Balaban J connectivity index is 1.81. The predicted octanol–water partition coefficient (Wildman–Crippen LogP) is 3.62. The Morgan fingerprint density at radius 1 is 0.900 bits per heavy atom. The molecule has 2 aromatic carbocycles. The monoisotopic (exact) mass is 418 g/mol. The number of hydrogen-bond donors (Lipinski definition) is 1. The molecule has 1 aliphatic heterocycles. The summed E-state index contributed by atoms with van der Waals surface area (Å²) in [5.74, 6) is 3.53. The fourth-order valence-electron chi connectivity index (χ4n) is 3.70. The van der Waals surface area contributed by atoms with Gasteiger partial charge >= 0.3 is 0 Å². The molecule has 1 heterocycles. The van der Waals surface area contributed by atoms with Crippen LogP contribution in [0.4, 0.5) is 0 Å². The van der Waals surface area contributed by atoms with Gasteiger partial charge in [0.25, 0.3) is 0 Å². The highest BCUT2D eigenvalue weighted by Crippen LogP contribution is 2.43. The van der Waals surface area contributed by atoms with Crippen LogP contribution in [0.25, 0.3) is 0 Å². The minimum Gasteiger partial charge on any atom is -0.493 e. The first-order chi connectivity index (χ1) is 14.3. The van der Waals surface area contributed by atoms with Crippen molar-refractivity contribution in [2.75, 3.05) is 35.2 Å². The maximum atomic E-state index is 11.3. The van der Waals surface area contributed by atoms with Gasteiger partial charge in [0.2, 0.25) is 18.3 Å². The van der Waals surface area contributed by atoms with E-state index < -0.39 is 5.60 Å². The Hall–Kier alpha value is -2.80. The number of rotatable bonds is 9. The number of methoxy groups -OCH3 is 4. The number of fused-ring (bicyclic) bond motifs is 1. The summed E-state index contributed by atoms with van der Waals surface area (Å²) in [5, 5.41) is 11.3. The molecule has 3 rings (SSSR count). The topological polar surface area (TPSA) is 75.6 Å². The zero-order valence-corrected chi connectivity index (χ0v) is 18.4. The molecule has 0 radical (unpaired) electrons. The van der Waals surface area contributed by atoms with Crippen LogP contribution in [-0.2, 0) is 12.8 Å². The molecule has 0 saturated heterocycles. The summed E-state index contributed by atoms with van der Waals surface area (Å²) >= 11 is 0. The van der Waals surface area contributed by atoms with Crippen molar-refractivity contribution in [3.05, 3.63) is 35.4 Å². The molecule has 0 spiro atoms. The molecule has 2 aromatic rings. The van der Waals surface area contributed by atoms with E-state index in [0.717, 1.165) is 11.1 Å². The highest BCUT2D eigenvalue weighted by Gasteiger charge is 2.31. The Bertz CT molecular complexity index is 866. The van der Waals surface area contributed by atoms with E-state index in [0.29, 0.717) is 47.3 Å². The normalized spacial score (nSPS) is 15.3.